The first-order valence-corrected chi connectivity index (χ1v) is 10.0. The van der Waals surface area contributed by atoms with E-state index in [0.717, 1.165) is 64.8 Å². The maximum atomic E-state index is 13.0. The molecule has 6 nitrogen and oxygen atoms in total. The number of benzene rings is 1. The van der Waals surface area contributed by atoms with E-state index in [1.165, 1.54) is 11.3 Å². The van der Waals surface area contributed by atoms with Crippen LogP contribution in [0, 0.1) is 0 Å². The lowest BCUT2D eigenvalue weighted by Gasteiger charge is -2.33. The van der Waals surface area contributed by atoms with Crippen molar-refractivity contribution >= 4 is 27.5 Å². The fourth-order valence-electron chi connectivity index (χ4n) is 3.55. The molecular formula is C20H24N4O2S. The summed E-state index contributed by atoms with van der Waals surface area (Å²) in [6.45, 7) is 6.69. The summed E-state index contributed by atoms with van der Waals surface area (Å²) >= 11 is 1.52. The van der Waals surface area contributed by atoms with E-state index in [-0.39, 0.29) is 5.91 Å². The summed E-state index contributed by atoms with van der Waals surface area (Å²) in [6, 6.07) is 9.87. The normalized spacial score (nSPS) is 15.4. The molecule has 1 amide bonds. The van der Waals surface area contributed by atoms with Crippen molar-refractivity contribution in [2.75, 3.05) is 39.8 Å². The summed E-state index contributed by atoms with van der Waals surface area (Å²) in [6.07, 6.45) is 0. The van der Waals surface area contributed by atoms with Gasteiger partial charge < -0.3 is 14.5 Å². The second-order valence-corrected chi connectivity index (χ2v) is 7.79. The number of piperazine rings is 1. The number of thiophene rings is 1. The van der Waals surface area contributed by atoms with Crippen LogP contribution in [-0.4, -0.2) is 65.3 Å². The predicted octanol–water partition coefficient (Wildman–Crippen LogP) is 3.09. The van der Waals surface area contributed by atoms with E-state index in [0.29, 0.717) is 0 Å². The van der Waals surface area contributed by atoms with Gasteiger partial charge in [0.1, 0.15) is 16.3 Å². The third-order valence-corrected chi connectivity index (χ3v) is 6.36. The zero-order valence-electron chi connectivity index (χ0n) is 15.9. The molecule has 3 heterocycles. The number of methoxy groups -OCH3 is 1. The highest BCUT2D eigenvalue weighted by Gasteiger charge is 2.24. The number of hydrogen-bond acceptors (Lipinski definition) is 5. The van der Waals surface area contributed by atoms with Gasteiger partial charge in [-0.1, -0.05) is 19.1 Å². The Kier molecular flexibility index (Phi) is 4.88. The highest BCUT2D eigenvalue weighted by molar-refractivity contribution is 7.20. The molecule has 27 heavy (non-hydrogen) atoms. The Morgan fingerprint density at radius 3 is 2.70 bits per heavy atom. The summed E-state index contributed by atoms with van der Waals surface area (Å²) in [4.78, 5) is 19.1. The molecule has 0 unspecified atom stereocenters. The van der Waals surface area contributed by atoms with Gasteiger partial charge in [0.05, 0.1) is 12.0 Å². The molecule has 7 heteroatoms. The molecule has 1 aromatic carbocycles. The molecule has 0 bridgehead atoms. The van der Waals surface area contributed by atoms with Gasteiger partial charge in [0.2, 0.25) is 0 Å². The van der Waals surface area contributed by atoms with Crippen molar-refractivity contribution in [2.24, 2.45) is 7.05 Å². The number of amides is 1. The van der Waals surface area contributed by atoms with E-state index in [1.807, 2.05) is 47.0 Å². The number of aryl methyl sites for hydroxylation is 1. The number of nitrogens with zero attached hydrogens (tertiary/aromatic N) is 4. The fraction of sp³-hybridized carbons (Fsp3) is 0.400. The third-order valence-electron chi connectivity index (χ3n) is 5.17. The topological polar surface area (TPSA) is 50.6 Å². The minimum Gasteiger partial charge on any atom is -0.497 e. The van der Waals surface area contributed by atoms with Crippen molar-refractivity contribution in [3.05, 3.63) is 35.2 Å². The van der Waals surface area contributed by atoms with E-state index in [9.17, 15) is 4.79 Å². The Hall–Kier alpha value is -2.38. The molecule has 0 N–H and O–H groups in total. The smallest absolute Gasteiger partial charge is 0.264 e. The quantitative estimate of drug-likeness (QED) is 0.694. The summed E-state index contributed by atoms with van der Waals surface area (Å²) in [7, 11) is 3.59. The third kappa shape index (κ3) is 3.33. The number of ether oxygens (including phenoxy) is 1. The van der Waals surface area contributed by atoms with Gasteiger partial charge in [-0.3, -0.25) is 9.48 Å². The Balaban J connectivity index is 1.66. The molecule has 1 aliphatic rings. The number of carbonyl (C=O) groups excluding carboxylic acids is 1. The van der Waals surface area contributed by atoms with Crippen LogP contribution in [0.5, 0.6) is 5.75 Å². The summed E-state index contributed by atoms with van der Waals surface area (Å²) in [5, 5.41) is 5.69. The van der Waals surface area contributed by atoms with Gasteiger partial charge in [0, 0.05) is 44.2 Å². The maximum absolute atomic E-state index is 13.0. The van der Waals surface area contributed by atoms with E-state index in [2.05, 4.69) is 16.9 Å². The fourth-order valence-corrected chi connectivity index (χ4v) is 4.59. The average Bonchev–Trinajstić information content (AvgIpc) is 3.28. The molecule has 1 aliphatic heterocycles. The molecule has 1 fully saturated rings. The van der Waals surface area contributed by atoms with Crippen molar-refractivity contribution in [3.63, 3.8) is 0 Å². The Morgan fingerprint density at radius 1 is 1.22 bits per heavy atom. The molecule has 0 radical (unpaired) electrons. The molecule has 4 rings (SSSR count). The van der Waals surface area contributed by atoms with Crippen molar-refractivity contribution < 1.29 is 9.53 Å². The number of fused-ring (bicyclic) bond motifs is 1. The van der Waals surface area contributed by atoms with E-state index >= 15 is 0 Å². The number of hydrogen-bond donors (Lipinski definition) is 0. The van der Waals surface area contributed by atoms with Crippen molar-refractivity contribution in [1.29, 1.82) is 0 Å². The van der Waals surface area contributed by atoms with Gasteiger partial charge >= 0.3 is 0 Å². The van der Waals surface area contributed by atoms with Gasteiger partial charge in [-0.25, -0.2) is 0 Å². The minimum absolute atomic E-state index is 0.128. The molecule has 0 spiro atoms. The van der Waals surface area contributed by atoms with Gasteiger partial charge in [-0.15, -0.1) is 11.3 Å². The molecule has 2 aromatic heterocycles. The lowest BCUT2D eigenvalue weighted by atomic mass is 10.1. The van der Waals surface area contributed by atoms with Gasteiger partial charge in [-0.05, 0) is 24.7 Å². The average molecular weight is 385 g/mol. The lowest BCUT2D eigenvalue weighted by molar-refractivity contribution is 0.0648. The Morgan fingerprint density at radius 2 is 2.00 bits per heavy atom. The van der Waals surface area contributed by atoms with E-state index in [1.54, 1.807) is 7.11 Å². The van der Waals surface area contributed by atoms with E-state index < -0.39 is 0 Å². The first-order valence-electron chi connectivity index (χ1n) is 9.23. The van der Waals surface area contributed by atoms with Crippen LogP contribution in [0.15, 0.2) is 30.3 Å². The first kappa shape index (κ1) is 18.0. The van der Waals surface area contributed by atoms with Crippen LogP contribution in [-0.2, 0) is 7.05 Å². The number of likely N-dealkylation sites (N-methyl/N-ethyl adjacent to an activating group) is 1. The van der Waals surface area contributed by atoms with E-state index in [4.69, 9.17) is 4.74 Å². The van der Waals surface area contributed by atoms with Crippen LogP contribution >= 0.6 is 11.3 Å². The highest BCUT2D eigenvalue weighted by atomic mass is 32.1. The van der Waals surface area contributed by atoms with Gasteiger partial charge in [-0.2, -0.15) is 5.10 Å². The molecule has 3 aromatic rings. The van der Waals surface area contributed by atoms with Gasteiger partial charge in [0.15, 0.2) is 0 Å². The molecular weight excluding hydrogens is 360 g/mol. The van der Waals surface area contributed by atoms with Crippen molar-refractivity contribution in [1.82, 2.24) is 19.6 Å². The van der Waals surface area contributed by atoms with Crippen molar-refractivity contribution in [2.45, 2.75) is 6.92 Å². The van der Waals surface area contributed by atoms with Crippen LogP contribution in [0.25, 0.3) is 21.5 Å². The lowest BCUT2D eigenvalue weighted by Crippen LogP contribution is -2.48. The second kappa shape index (κ2) is 7.32. The number of rotatable bonds is 4. The zero-order valence-corrected chi connectivity index (χ0v) is 16.8. The first-order chi connectivity index (χ1) is 13.1. The van der Waals surface area contributed by atoms with Crippen LogP contribution in [0.2, 0.25) is 0 Å². The monoisotopic (exact) mass is 384 g/mol. The molecule has 0 saturated carbocycles. The summed E-state index contributed by atoms with van der Waals surface area (Å²) in [5.41, 5.74) is 1.88. The largest absolute Gasteiger partial charge is 0.497 e. The van der Waals surface area contributed by atoms with Crippen LogP contribution in [0.4, 0.5) is 0 Å². The molecule has 1 saturated heterocycles. The Labute approximate surface area is 162 Å². The van der Waals surface area contributed by atoms with Crippen LogP contribution in [0.1, 0.15) is 16.6 Å². The number of aromatic nitrogens is 2. The number of carbonyl (C=O) groups is 1. The second-order valence-electron chi connectivity index (χ2n) is 6.76. The summed E-state index contributed by atoms with van der Waals surface area (Å²) in [5.74, 6) is 0.926. The SMILES string of the molecule is CCN1CCN(C(=O)c2cc3c(-c4cccc(OC)c4)nn(C)c3s2)CC1. The van der Waals surface area contributed by atoms with Gasteiger partial charge in [0.25, 0.3) is 5.91 Å². The Bertz CT molecular complexity index is 970. The van der Waals surface area contributed by atoms with Crippen LogP contribution < -0.4 is 4.74 Å². The van der Waals surface area contributed by atoms with Crippen LogP contribution in [0.3, 0.4) is 0 Å². The predicted molar refractivity (Wildman–Crippen MR) is 109 cm³/mol. The summed E-state index contributed by atoms with van der Waals surface area (Å²) < 4.78 is 7.20. The maximum Gasteiger partial charge on any atom is 0.264 e. The standard InChI is InChI=1S/C20H24N4O2S/c1-4-23-8-10-24(11-9-23)19(25)17-13-16-18(21-22(2)20(16)27-17)14-6-5-7-15(12-14)26-3/h5-7,12-13H,4,8-11H2,1-3H3. The molecule has 0 aliphatic carbocycles. The highest BCUT2D eigenvalue weighted by Crippen LogP contribution is 2.35. The molecule has 0 atom stereocenters. The minimum atomic E-state index is 0.128. The molecule has 142 valence electrons. The zero-order chi connectivity index (χ0) is 19.0. The van der Waals surface area contributed by atoms with Crippen molar-refractivity contribution in [3.8, 4) is 17.0 Å².